The van der Waals surface area contributed by atoms with Gasteiger partial charge in [-0.05, 0) is 61.2 Å². The van der Waals surface area contributed by atoms with E-state index < -0.39 is 0 Å². The molecule has 0 saturated carbocycles. The summed E-state index contributed by atoms with van der Waals surface area (Å²) in [7, 11) is 0. The number of rotatable bonds is 7. The van der Waals surface area contributed by atoms with E-state index in [9.17, 15) is 4.79 Å². The van der Waals surface area contributed by atoms with Gasteiger partial charge in [-0.15, -0.1) is 11.8 Å². The largest absolute Gasteiger partial charge is 0.330 e. The van der Waals surface area contributed by atoms with Gasteiger partial charge in [0.2, 0.25) is 5.91 Å². The molecule has 0 aliphatic carbocycles. The maximum atomic E-state index is 12.1. The molecule has 0 spiro atoms. The van der Waals surface area contributed by atoms with Gasteiger partial charge in [0, 0.05) is 17.0 Å². The second kappa shape index (κ2) is 8.44. The normalized spacial score (nSPS) is 13.0. The van der Waals surface area contributed by atoms with Gasteiger partial charge in [0.1, 0.15) is 0 Å². The third-order valence-corrected chi connectivity index (χ3v) is 4.58. The highest BCUT2D eigenvalue weighted by molar-refractivity contribution is 7.98. The molecule has 118 valence electrons. The van der Waals surface area contributed by atoms with E-state index in [1.807, 2.05) is 30.5 Å². The number of nitrogens with two attached hydrogens (primary N) is 1. The zero-order valence-electron chi connectivity index (χ0n) is 13.6. The van der Waals surface area contributed by atoms with Crippen LogP contribution in [-0.4, -0.2) is 18.7 Å². The van der Waals surface area contributed by atoms with Crippen molar-refractivity contribution < 1.29 is 4.79 Å². The number of benzene rings is 1. The van der Waals surface area contributed by atoms with E-state index in [0.717, 1.165) is 18.5 Å². The van der Waals surface area contributed by atoms with Gasteiger partial charge < -0.3 is 11.1 Å². The van der Waals surface area contributed by atoms with Crippen LogP contribution < -0.4 is 11.1 Å². The lowest BCUT2D eigenvalue weighted by Crippen LogP contribution is -2.25. The fraction of sp³-hybridized carbons (Fsp3) is 0.588. The summed E-state index contributed by atoms with van der Waals surface area (Å²) in [5.74, 6) is 0.560. The van der Waals surface area contributed by atoms with Crippen molar-refractivity contribution in [2.75, 3.05) is 18.1 Å². The Bertz CT molecular complexity index is 437. The molecule has 0 aliphatic rings. The number of carbonyl (C=O) groups excluding carboxylic acids is 1. The summed E-state index contributed by atoms with van der Waals surface area (Å²) in [6, 6.07) is 7.94. The average Bonchev–Trinajstić information content (AvgIpc) is 2.43. The lowest BCUT2D eigenvalue weighted by Gasteiger charge is -2.30. The van der Waals surface area contributed by atoms with E-state index >= 15 is 0 Å². The Labute approximate surface area is 133 Å². The fourth-order valence-corrected chi connectivity index (χ4v) is 2.82. The molecule has 1 rings (SSSR count). The molecular weight excluding hydrogens is 280 g/mol. The zero-order chi connectivity index (χ0) is 15.9. The van der Waals surface area contributed by atoms with Crippen molar-refractivity contribution in [2.45, 2.75) is 44.9 Å². The maximum absolute atomic E-state index is 12.1. The van der Waals surface area contributed by atoms with Crippen LogP contribution in [0, 0.1) is 11.3 Å². The molecule has 4 heteroatoms. The van der Waals surface area contributed by atoms with E-state index in [-0.39, 0.29) is 11.3 Å². The summed E-state index contributed by atoms with van der Waals surface area (Å²) < 4.78 is 0. The SMILES string of the molecule is CSc1ccc(NC(=O)CCC(CCN)C(C)(C)C)cc1. The van der Waals surface area contributed by atoms with Crippen molar-refractivity contribution in [3.05, 3.63) is 24.3 Å². The van der Waals surface area contributed by atoms with Crippen molar-refractivity contribution >= 4 is 23.4 Å². The minimum Gasteiger partial charge on any atom is -0.330 e. The van der Waals surface area contributed by atoms with Crippen LogP contribution in [0.1, 0.15) is 40.0 Å². The molecule has 0 heterocycles. The number of nitrogens with one attached hydrogen (secondary N) is 1. The zero-order valence-corrected chi connectivity index (χ0v) is 14.4. The number of carbonyl (C=O) groups is 1. The Hall–Kier alpha value is -1.00. The first-order valence-electron chi connectivity index (χ1n) is 7.50. The van der Waals surface area contributed by atoms with Crippen molar-refractivity contribution in [3.63, 3.8) is 0 Å². The molecule has 0 fully saturated rings. The molecule has 1 amide bonds. The number of anilines is 1. The van der Waals surface area contributed by atoms with Crippen molar-refractivity contribution in [1.29, 1.82) is 0 Å². The second-order valence-electron chi connectivity index (χ2n) is 6.46. The van der Waals surface area contributed by atoms with E-state index in [1.54, 1.807) is 11.8 Å². The van der Waals surface area contributed by atoms with Crippen LogP contribution in [0.15, 0.2) is 29.2 Å². The Kier molecular flexibility index (Phi) is 7.26. The smallest absolute Gasteiger partial charge is 0.224 e. The summed E-state index contributed by atoms with van der Waals surface area (Å²) in [5.41, 5.74) is 6.74. The topological polar surface area (TPSA) is 55.1 Å². The lowest BCUT2D eigenvalue weighted by atomic mass is 9.76. The van der Waals surface area contributed by atoms with Crippen LogP contribution in [0.25, 0.3) is 0 Å². The average molecular weight is 308 g/mol. The molecule has 1 aromatic carbocycles. The van der Waals surface area contributed by atoms with Gasteiger partial charge in [-0.3, -0.25) is 4.79 Å². The van der Waals surface area contributed by atoms with Gasteiger partial charge in [-0.2, -0.15) is 0 Å². The van der Waals surface area contributed by atoms with Crippen molar-refractivity contribution in [1.82, 2.24) is 0 Å². The molecule has 3 N–H and O–H groups in total. The predicted molar refractivity (Wildman–Crippen MR) is 92.7 cm³/mol. The second-order valence-corrected chi connectivity index (χ2v) is 7.34. The molecule has 0 radical (unpaired) electrons. The van der Waals surface area contributed by atoms with Gasteiger partial charge >= 0.3 is 0 Å². The summed E-state index contributed by atoms with van der Waals surface area (Å²) in [6.07, 6.45) is 4.44. The van der Waals surface area contributed by atoms with E-state index in [0.29, 0.717) is 18.9 Å². The van der Waals surface area contributed by atoms with Crippen LogP contribution in [0.3, 0.4) is 0 Å². The predicted octanol–water partition coefficient (Wildman–Crippen LogP) is 4.14. The Balaban J connectivity index is 2.48. The minimum atomic E-state index is 0.0816. The van der Waals surface area contributed by atoms with Crippen LogP contribution >= 0.6 is 11.8 Å². The van der Waals surface area contributed by atoms with E-state index in [1.165, 1.54) is 4.90 Å². The summed E-state index contributed by atoms with van der Waals surface area (Å²) in [5, 5.41) is 2.96. The van der Waals surface area contributed by atoms with E-state index in [2.05, 4.69) is 26.1 Å². The number of amides is 1. The molecule has 0 bridgehead atoms. The minimum absolute atomic E-state index is 0.0816. The molecular formula is C17H28N2OS. The summed E-state index contributed by atoms with van der Waals surface area (Å²) in [6.45, 7) is 7.32. The quantitative estimate of drug-likeness (QED) is 0.744. The first-order valence-corrected chi connectivity index (χ1v) is 8.73. The molecule has 1 aromatic rings. The van der Waals surface area contributed by atoms with Gasteiger partial charge in [0.05, 0.1) is 0 Å². The van der Waals surface area contributed by atoms with Crippen LogP contribution in [0.5, 0.6) is 0 Å². The monoisotopic (exact) mass is 308 g/mol. The van der Waals surface area contributed by atoms with Gasteiger partial charge in [0.25, 0.3) is 0 Å². The number of thioether (sulfide) groups is 1. The van der Waals surface area contributed by atoms with Gasteiger partial charge in [-0.25, -0.2) is 0 Å². The molecule has 21 heavy (non-hydrogen) atoms. The standard InChI is InChI=1S/C17H28N2OS/c1-17(2,3)13(11-12-18)5-10-16(20)19-14-6-8-15(21-4)9-7-14/h6-9,13H,5,10-12,18H2,1-4H3,(H,19,20). The molecule has 1 unspecified atom stereocenters. The molecule has 0 aliphatic heterocycles. The highest BCUT2D eigenvalue weighted by Crippen LogP contribution is 2.32. The Morgan fingerprint density at radius 3 is 2.33 bits per heavy atom. The van der Waals surface area contributed by atoms with Crippen molar-refractivity contribution in [2.24, 2.45) is 17.1 Å². The summed E-state index contributed by atoms with van der Waals surface area (Å²) >= 11 is 1.69. The highest BCUT2D eigenvalue weighted by atomic mass is 32.2. The van der Waals surface area contributed by atoms with Crippen LogP contribution in [0.2, 0.25) is 0 Å². The van der Waals surface area contributed by atoms with Gasteiger partial charge in [-0.1, -0.05) is 20.8 Å². The molecule has 0 aromatic heterocycles. The maximum Gasteiger partial charge on any atom is 0.224 e. The first-order chi connectivity index (χ1) is 9.86. The molecule has 3 nitrogen and oxygen atoms in total. The third kappa shape index (κ3) is 6.53. The van der Waals surface area contributed by atoms with E-state index in [4.69, 9.17) is 5.73 Å². The Morgan fingerprint density at radius 1 is 1.24 bits per heavy atom. The lowest BCUT2D eigenvalue weighted by molar-refractivity contribution is -0.116. The first kappa shape index (κ1) is 18.1. The third-order valence-electron chi connectivity index (χ3n) is 3.83. The van der Waals surface area contributed by atoms with Crippen LogP contribution in [0.4, 0.5) is 5.69 Å². The van der Waals surface area contributed by atoms with Gasteiger partial charge in [0.15, 0.2) is 0 Å². The fourth-order valence-electron chi connectivity index (χ4n) is 2.41. The highest BCUT2D eigenvalue weighted by Gasteiger charge is 2.24. The number of hydrogen-bond acceptors (Lipinski definition) is 3. The van der Waals surface area contributed by atoms with Crippen molar-refractivity contribution in [3.8, 4) is 0 Å². The van der Waals surface area contributed by atoms with Crippen LogP contribution in [-0.2, 0) is 4.79 Å². The summed E-state index contributed by atoms with van der Waals surface area (Å²) in [4.78, 5) is 13.3. The molecule has 0 saturated heterocycles. The Morgan fingerprint density at radius 2 is 1.86 bits per heavy atom. The molecule has 1 atom stereocenters. The number of hydrogen-bond donors (Lipinski definition) is 2.